The Kier molecular flexibility index (Phi) is 3.34. The van der Waals surface area contributed by atoms with E-state index in [9.17, 15) is 5.11 Å². The lowest BCUT2D eigenvalue weighted by atomic mass is 9.85. The lowest BCUT2D eigenvalue weighted by Crippen LogP contribution is -2.29. The number of benzene rings is 1. The van der Waals surface area contributed by atoms with Gasteiger partial charge in [-0.25, -0.2) is 0 Å². The predicted octanol–water partition coefficient (Wildman–Crippen LogP) is 2.21. The predicted molar refractivity (Wildman–Crippen MR) is 66.2 cm³/mol. The first-order valence-corrected chi connectivity index (χ1v) is 5.91. The van der Waals surface area contributed by atoms with Crippen molar-refractivity contribution in [1.82, 2.24) is 4.90 Å². The van der Waals surface area contributed by atoms with Crippen molar-refractivity contribution in [2.45, 2.75) is 25.8 Å². The summed E-state index contributed by atoms with van der Waals surface area (Å²) in [7, 11) is 2.10. The van der Waals surface area contributed by atoms with Gasteiger partial charge in [0.05, 0.1) is 0 Å². The van der Waals surface area contributed by atoms with Gasteiger partial charge in [-0.1, -0.05) is 6.42 Å². The van der Waals surface area contributed by atoms with Gasteiger partial charge in [-0.3, -0.25) is 0 Å². The lowest BCUT2D eigenvalue weighted by Gasteiger charge is -2.30. The Hall–Kier alpha value is -1.22. The maximum Gasteiger partial charge on any atom is 0.120 e. The third-order valence-corrected chi connectivity index (χ3v) is 3.34. The molecule has 1 saturated carbocycles. The van der Waals surface area contributed by atoms with E-state index in [-0.39, 0.29) is 0 Å². The number of nitrogens with two attached hydrogens (primary N) is 1. The Bertz CT molecular complexity index is 361. The number of nitrogens with zero attached hydrogens (tertiary/aromatic N) is 1. The Morgan fingerprint density at radius 2 is 2.19 bits per heavy atom. The summed E-state index contributed by atoms with van der Waals surface area (Å²) in [4.78, 5) is 2.26. The van der Waals surface area contributed by atoms with Gasteiger partial charge < -0.3 is 15.7 Å². The lowest BCUT2D eigenvalue weighted by molar-refractivity contribution is 0.199. The quantitative estimate of drug-likeness (QED) is 0.604. The third kappa shape index (κ3) is 2.67. The fraction of sp³-hybridized carbons (Fsp3) is 0.538. The van der Waals surface area contributed by atoms with Crippen LogP contribution in [0.3, 0.4) is 0 Å². The van der Waals surface area contributed by atoms with Crippen molar-refractivity contribution in [1.29, 1.82) is 0 Å². The molecule has 0 atom stereocenters. The minimum Gasteiger partial charge on any atom is -0.508 e. The van der Waals surface area contributed by atoms with Crippen LogP contribution in [0.15, 0.2) is 18.2 Å². The third-order valence-electron chi connectivity index (χ3n) is 3.34. The summed E-state index contributed by atoms with van der Waals surface area (Å²) >= 11 is 0. The van der Waals surface area contributed by atoms with Crippen molar-refractivity contribution in [3.05, 3.63) is 23.8 Å². The molecule has 0 saturated heterocycles. The molecule has 3 nitrogen and oxygen atoms in total. The minimum absolute atomic E-state index is 0.342. The standard InChI is InChI=1S/C13H20N2O/c1-15(8-10-3-2-4-10)9-11-7-12(14)5-6-13(11)16/h5-7,10,16H,2-4,8-9,14H2,1H3. The monoisotopic (exact) mass is 220 g/mol. The van der Waals surface area contributed by atoms with E-state index in [0.29, 0.717) is 11.4 Å². The summed E-state index contributed by atoms with van der Waals surface area (Å²) < 4.78 is 0. The van der Waals surface area contributed by atoms with E-state index in [4.69, 9.17) is 5.73 Å². The Morgan fingerprint density at radius 1 is 1.44 bits per heavy atom. The van der Waals surface area contributed by atoms with E-state index in [0.717, 1.165) is 24.6 Å². The second-order valence-electron chi connectivity index (χ2n) is 4.88. The van der Waals surface area contributed by atoms with E-state index >= 15 is 0 Å². The second-order valence-corrected chi connectivity index (χ2v) is 4.88. The fourth-order valence-electron chi connectivity index (χ4n) is 2.20. The Labute approximate surface area is 96.9 Å². The molecule has 0 heterocycles. The van der Waals surface area contributed by atoms with Crippen LogP contribution in [0.5, 0.6) is 5.75 Å². The minimum atomic E-state index is 0.342. The van der Waals surface area contributed by atoms with Crippen molar-refractivity contribution in [3.63, 3.8) is 0 Å². The van der Waals surface area contributed by atoms with Gasteiger partial charge in [0, 0.05) is 24.3 Å². The van der Waals surface area contributed by atoms with Crippen LogP contribution in [0.1, 0.15) is 24.8 Å². The second kappa shape index (κ2) is 4.74. The molecule has 1 fully saturated rings. The molecule has 0 spiro atoms. The molecule has 0 amide bonds. The first-order valence-electron chi connectivity index (χ1n) is 5.91. The van der Waals surface area contributed by atoms with Gasteiger partial charge in [0.2, 0.25) is 0 Å². The first kappa shape index (κ1) is 11.3. The highest BCUT2D eigenvalue weighted by atomic mass is 16.3. The number of anilines is 1. The molecule has 1 aromatic rings. The maximum atomic E-state index is 9.71. The van der Waals surface area contributed by atoms with Gasteiger partial charge in [-0.05, 0) is 44.0 Å². The summed E-state index contributed by atoms with van der Waals surface area (Å²) in [6.45, 7) is 1.89. The molecule has 3 heteroatoms. The molecular formula is C13H20N2O. The zero-order valence-corrected chi connectivity index (χ0v) is 9.82. The largest absolute Gasteiger partial charge is 0.508 e. The molecule has 3 N–H and O–H groups in total. The smallest absolute Gasteiger partial charge is 0.120 e. The number of aromatic hydroxyl groups is 1. The van der Waals surface area contributed by atoms with Crippen molar-refractivity contribution in [2.24, 2.45) is 5.92 Å². The molecule has 0 aromatic heterocycles. The molecule has 16 heavy (non-hydrogen) atoms. The fourth-order valence-corrected chi connectivity index (χ4v) is 2.20. The van der Waals surface area contributed by atoms with Crippen LogP contribution >= 0.6 is 0 Å². The van der Waals surface area contributed by atoms with Gasteiger partial charge in [0.15, 0.2) is 0 Å². The number of phenolic OH excluding ortho intramolecular Hbond substituents is 1. The number of hydrogen-bond acceptors (Lipinski definition) is 3. The van der Waals surface area contributed by atoms with Crippen molar-refractivity contribution < 1.29 is 5.11 Å². The van der Waals surface area contributed by atoms with Gasteiger partial charge in [-0.15, -0.1) is 0 Å². The van der Waals surface area contributed by atoms with Crippen LogP contribution in [0.25, 0.3) is 0 Å². The van der Waals surface area contributed by atoms with Crippen molar-refractivity contribution in [3.8, 4) is 5.75 Å². The maximum absolute atomic E-state index is 9.71. The molecule has 1 aliphatic rings. The highest BCUT2D eigenvalue weighted by Gasteiger charge is 2.19. The van der Waals surface area contributed by atoms with Crippen LogP contribution in [-0.4, -0.2) is 23.6 Å². The average Bonchev–Trinajstić information content (AvgIpc) is 2.18. The summed E-state index contributed by atoms with van der Waals surface area (Å²) in [5.41, 5.74) is 7.34. The van der Waals surface area contributed by atoms with Crippen LogP contribution < -0.4 is 5.73 Å². The molecule has 2 rings (SSSR count). The highest BCUT2D eigenvalue weighted by Crippen LogP contribution is 2.28. The zero-order chi connectivity index (χ0) is 11.5. The molecule has 1 aliphatic carbocycles. The van der Waals surface area contributed by atoms with Gasteiger partial charge in [-0.2, -0.15) is 0 Å². The van der Waals surface area contributed by atoms with Gasteiger partial charge >= 0.3 is 0 Å². The van der Waals surface area contributed by atoms with Crippen molar-refractivity contribution in [2.75, 3.05) is 19.3 Å². The normalized spacial score (nSPS) is 16.4. The molecule has 0 aliphatic heterocycles. The first-order chi connectivity index (χ1) is 7.65. The van der Waals surface area contributed by atoms with Crippen molar-refractivity contribution >= 4 is 5.69 Å². The molecule has 0 bridgehead atoms. The van der Waals surface area contributed by atoms with Gasteiger partial charge in [0.1, 0.15) is 5.75 Å². The van der Waals surface area contributed by atoms with E-state index < -0.39 is 0 Å². The molecule has 0 unspecified atom stereocenters. The summed E-state index contributed by atoms with van der Waals surface area (Å²) in [5, 5.41) is 9.71. The topological polar surface area (TPSA) is 49.5 Å². The number of hydrogen-bond donors (Lipinski definition) is 2. The molecule has 0 radical (unpaired) electrons. The number of nitrogen functional groups attached to an aromatic ring is 1. The van der Waals surface area contributed by atoms with E-state index in [1.165, 1.54) is 19.3 Å². The van der Waals surface area contributed by atoms with Crippen LogP contribution in [0.2, 0.25) is 0 Å². The summed E-state index contributed by atoms with van der Waals surface area (Å²) in [6, 6.07) is 5.25. The van der Waals surface area contributed by atoms with Crippen LogP contribution in [-0.2, 0) is 6.54 Å². The molecule has 88 valence electrons. The van der Waals surface area contributed by atoms with Crippen LogP contribution in [0.4, 0.5) is 5.69 Å². The summed E-state index contributed by atoms with van der Waals surface area (Å²) in [5.74, 6) is 1.20. The Morgan fingerprint density at radius 3 is 2.81 bits per heavy atom. The zero-order valence-electron chi connectivity index (χ0n) is 9.82. The SMILES string of the molecule is CN(Cc1cc(N)ccc1O)CC1CCC1. The van der Waals surface area contributed by atoms with Gasteiger partial charge in [0.25, 0.3) is 0 Å². The average molecular weight is 220 g/mol. The highest BCUT2D eigenvalue weighted by molar-refractivity contribution is 5.47. The molecule has 1 aromatic carbocycles. The number of rotatable bonds is 4. The number of phenols is 1. The summed E-state index contributed by atoms with van der Waals surface area (Å²) in [6.07, 6.45) is 4.09. The Balaban J connectivity index is 1.93. The molecular weight excluding hydrogens is 200 g/mol. The van der Waals surface area contributed by atoms with Crippen LogP contribution in [0, 0.1) is 5.92 Å². The van der Waals surface area contributed by atoms with E-state index in [1.54, 1.807) is 12.1 Å². The van der Waals surface area contributed by atoms with E-state index in [1.807, 2.05) is 6.07 Å². The van der Waals surface area contributed by atoms with E-state index in [2.05, 4.69) is 11.9 Å².